The minimum absolute atomic E-state index is 0.0147. The number of para-hydroxylation sites is 1. The number of hydrogen-bond donors (Lipinski definition) is 1. The number of aromatic carboxylic acids is 1. The molecule has 0 saturated heterocycles. The van der Waals surface area contributed by atoms with Crippen molar-refractivity contribution in [3.05, 3.63) is 47.8 Å². The molecule has 0 aliphatic heterocycles. The smallest absolute Gasteiger partial charge is 0.356 e. The van der Waals surface area contributed by atoms with Gasteiger partial charge in [0.25, 0.3) is 0 Å². The SMILES string of the molecule is COCc1cc(C(=O)O)nn1-c1ccccc1. The number of benzene rings is 1. The lowest BCUT2D eigenvalue weighted by Gasteiger charge is -2.05. The van der Waals surface area contributed by atoms with E-state index in [0.717, 1.165) is 5.69 Å². The maximum Gasteiger partial charge on any atom is 0.356 e. The van der Waals surface area contributed by atoms with Crippen molar-refractivity contribution < 1.29 is 14.6 Å². The minimum atomic E-state index is -1.04. The molecule has 88 valence electrons. The van der Waals surface area contributed by atoms with Crippen LogP contribution in [0.15, 0.2) is 36.4 Å². The van der Waals surface area contributed by atoms with Gasteiger partial charge in [-0.05, 0) is 18.2 Å². The van der Waals surface area contributed by atoms with Crippen LogP contribution in [0.25, 0.3) is 5.69 Å². The average Bonchev–Trinajstić information content (AvgIpc) is 2.75. The van der Waals surface area contributed by atoms with E-state index >= 15 is 0 Å². The predicted molar refractivity (Wildman–Crippen MR) is 61.2 cm³/mol. The first-order chi connectivity index (χ1) is 8.22. The topological polar surface area (TPSA) is 64.3 Å². The summed E-state index contributed by atoms with van der Waals surface area (Å²) < 4.78 is 6.61. The van der Waals surface area contributed by atoms with Crippen LogP contribution in [-0.4, -0.2) is 28.0 Å². The van der Waals surface area contributed by atoms with Gasteiger partial charge >= 0.3 is 5.97 Å². The normalized spacial score (nSPS) is 10.4. The number of methoxy groups -OCH3 is 1. The fraction of sp³-hybridized carbons (Fsp3) is 0.167. The molecule has 0 amide bonds. The van der Waals surface area contributed by atoms with E-state index in [0.29, 0.717) is 12.3 Å². The van der Waals surface area contributed by atoms with Gasteiger partial charge in [-0.1, -0.05) is 18.2 Å². The van der Waals surface area contributed by atoms with Crippen molar-refractivity contribution >= 4 is 5.97 Å². The summed E-state index contributed by atoms with van der Waals surface area (Å²) in [5.74, 6) is -1.04. The lowest BCUT2D eigenvalue weighted by molar-refractivity contribution is 0.0690. The maximum absolute atomic E-state index is 10.9. The standard InChI is InChI=1S/C12H12N2O3/c1-17-8-10-7-11(12(15)16)13-14(10)9-5-3-2-4-6-9/h2-7H,8H2,1H3,(H,15,16). The molecule has 1 aromatic carbocycles. The summed E-state index contributed by atoms with van der Waals surface area (Å²) in [6, 6.07) is 10.9. The van der Waals surface area contributed by atoms with Crippen molar-refractivity contribution in [2.75, 3.05) is 7.11 Å². The largest absolute Gasteiger partial charge is 0.476 e. The van der Waals surface area contributed by atoms with Crippen LogP contribution < -0.4 is 0 Å². The minimum Gasteiger partial charge on any atom is -0.476 e. The predicted octanol–water partition coefficient (Wildman–Crippen LogP) is 1.72. The van der Waals surface area contributed by atoms with Crippen LogP contribution in [0.5, 0.6) is 0 Å². The molecule has 0 spiro atoms. The van der Waals surface area contributed by atoms with Crippen molar-refractivity contribution in [1.29, 1.82) is 0 Å². The number of hydrogen-bond acceptors (Lipinski definition) is 3. The Kier molecular flexibility index (Phi) is 3.20. The summed E-state index contributed by atoms with van der Waals surface area (Å²) in [4.78, 5) is 10.9. The quantitative estimate of drug-likeness (QED) is 0.871. The van der Waals surface area contributed by atoms with E-state index in [9.17, 15) is 4.79 Å². The number of carboxylic acids is 1. The summed E-state index contributed by atoms with van der Waals surface area (Å²) in [5, 5.41) is 13.0. The monoisotopic (exact) mass is 232 g/mol. The Morgan fingerprint density at radius 1 is 1.41 bits per heavy atom. The highest BCUT2D eigenvalue weighted by Gasteiger charge is 2.13. The van der Waals surface area contributed by atoms with Crippen LogP contribution in [0.3, 0.4) is 0 Å². The van der Waals surface area contributed by atoms with Crippen LogP contribution in [0.4, 0.5) is 0 Å². The first-order valence-corrected chi connectivity index (χ1v) is 5.09. The third-order valence-electron chi connectivity index (χ3n) is 2.30. The molecule has 17 heavy (non-hydrogen) atoms. The Balaban J connectivity index is 2.48. The Labute approximate surface area is 98.3 Å². The average molecular weight is 232 g/mol. The van der Waals surface area contributed by atoms with E-state index in [4.69, 9.17) is 9.84 Å². The first kappa shape index (κ1) is 11.3. The van der Waals surface area contributed by atoms with E-state index in [-0.39, 0.29) is 5.69 Å². The zero-order chi connectivity index (χ0) is 12.3. The van der Waals surface area contributed by atoms with Gasteiger partial charge in [-0.3, -0.25) is 0 Å². The lowest BCUT2D eigenvalue weighted by atomic mass is 10.3. The highest BCUT2D eigenvalue weighted by Crippen LogP contribution is 2.13. The van der Waals surface area contributed by atoms with Gasteiger partial charge in [-0.2, -0.15) is 5.10 Å². The molecule has 5 heteroatoms. The molecular weight excluding hydrogens is 220 g/mol. The molecule has 0 unspecified atom stereocenters. The Morgan fingerprint density at radius 3 is 2.71 bits per heavy atom. The highest BCUT2D eigenvalue weighted by molar-refractivity contribution is 5.85. The molecule has 0 fully saturated rings. The van der Waals surface area contributed by atoms with Crippen LogP contribution in [0.2, 0.25) is 0 Å². The fourth-order valence-corrected chi connectivity index (χ4v) is 1.57. The molecule has 0 radical (unpaired) electrons. The number of carbonyl (C=O) groups is 1. The number of nitrogens with zero attached hydrogens (tertiary/aromatic N) is 2. The van der Waals surface area contributed by atoms with Crippen molar-refractivity contribution in [3.63, 3.8) is 0 Å². The molecule has 2 aromatic rings. The summed E-state index contributed by atoms with van der Waals surface area (Å²) in [6.07, 6.45) is 0. The van der Waals surface area contributed by atoms with Crippen molar-refractivity contribution in [3.8, 4) is 5.69 Å². The van der Waals surface area contributed by atoms with Crippen molar-refractivity contribution in [2.24, 2.45) is 0 Å². The molecule has 0 atom stereocenters. The van der Waals surface area contributed by atoms with Crippen molar-refractivity contribution in [1.82, 2.24) is 9.78 Å². The van der Waals surface area contributed by atoms with E-state index in [2.05, 4.69) is 5.10 Å². The van der Waals surface area contributed by atoms with Crippen molar-refractivity contribution in [2.45, 2.75) is 6.61 Å². The Bertz CT molecular complexity index is 520. The number of aromatic nitrogens is 2. The molecule has 5 nitrogen and oxygen atoms in total. The van der Waals surface area contributed by atoms with Crippen LogP contribution in [-0.2, 0) is 11.3 Å². The van der Waals surface area contributed by atoms with Crippen LogP contribution in [0.1, 0.15) is 16.2 Å². The van der Waals surface area contributed by atoms with Gasteiger partial charge in [0.1, 0.15) is 0 Å². The number of ether oxygens (including phenoxy) is 1. The van der Waals surface area contributed by atoms with E-state index in [1.54, 1.807) is 11.8 Å². The molecule has 1 heterocycles. The van der Waals surface area contributed by atoms with E-state index < -0.39 is 5.97 Å². The van der Waals surface area contributed by atoms with Gasteiger partial charge in [-0.15, -0.1) is 0 Å². The molecule has 1 aromatic heterocycles. The van der Waals surface area contributed by atoms with Gasteiger partial charge in [0, 0.05) is 7.11 Å². The molecule has 0 aliphatic carbocycles. The number of carboxylic acid groups (broad SMARTS) is 1. The van der Waals surface area contributed by atoms with Gasteiger partial charge in [0.15, 0.2) is 5.69 Å². The van der Waals surface area contributed by atoms with Gasteiger partial charge in [-0.25, -0.2) is 9.48 Å². The molecule has 0 aliphatic rings. The number of rotatable bonds is 4. The van der Waals surface area contributed by atoms with Crippen LogP contribution in [0, 0.1) is 0 Å². The third-order valence-corrected chi connectivity index (χ3v) is 2.30. The first-order valence-electron chi connectivity index (χ1n) is 5.09. The summed E-state index contributed by atoms with van der Waals surface area (Å²) in [5.41, 5.74) is 1.53. The van der Waals surface area contributed by atoms with Crippen LogP contribution >= 0.6 is 0 Å². The van der Waals surface area contributed by atoms with Gasteiger partial charge in [0.2, 0.25) is 0 Å². The van der Waals surface area contributed by atoms with E-state index in [1.165, 1.54) is 6.07 Å². The second-order valence-corrected chi connectivity index (χ2v) is 3.51. The van der Waals surface area contributed by atoms with E-state index in [1.807, 2.05) is 30.3 Å². The fourth-order valence-electron chi connectivity index (χ4n) is 1.57. The second-order valence-electron chi connectivity index (χ2n) is 3.51. The molecule has 0 bridgehead atoms. The molecule has 0 saturated carbocycles. The molecule has 1 N–H and O–H groups in total. The maximum atomic E-state index is 10.9. The molecular formula is C12H12N2O3. The Hall–Kier alpha value is -2.14. The lowest BCUT2D eigenvalue weighted by Crippen LogP contribution is -2.04. The summed E-state index contributed by atoms with van der Waals surface area (Å²) in [7, 11) is 1.56. The van der Waals surface area contributed by atoms with Gasteiger partial charge < -0.3 is 9.84 Å². The highest BCUT2D eigenvalue weighted by atomic mass is 16.5. The molecule has 2 rings (SSSR count). The summed E-state index contributed by atoms with van der Waals surface area (Å²) >= 11 is 0. The Morgan fingerprint density at radius 2 is 2.12 bits per heavy atom. The zero-order valence-electron chi connectivity index (χ0n) is 9.33. The zero-order valence-corrected chi connectivity index (χ0v) is 9.33. The third kappa shape index (κ3) is 2.34. The van der Waals surface area contributed by atoms with Gasteiger partial charge in [0.05, 0.1) is 18.0 Å². The summed E-state index contributed by atoms with van der Waals surface area (Å²) in [6.45, 7) is 0.315. The second kappa shape index (κ2) is 4.80.